The molecule has 0 aliphatic rings. The van der Waals surface area contributed by atoms with Crippen LogP contribution in [0.5, 0.6) is 0 Å². The lowest BCUT2D eigenvalue weighted by Crippen LogP contribution is -2.29. The van der Waals surface area contributed by atoms with Gasteiger partial charge < -0.3 is 10.0 Å². The Balaban J connectivity index is 2.42. The van der Waals surface area contributed by atoms with Gasteiger partial charge in [-0.2, -0.15) is 0 Å². The van der Waals surface area contributed by atoms with Gasteiger partial charge in [-0.25, -0.2) is 9.97 Å². The van der Waals surface area contributed by atoms with E-state index in [1.54, 1.807) is 18.3 Å². The molecule has 1 N–H and O–H groups in total. The summed E-state index contributed by atoms with van der Waals surface area (Å²) in [6, 6.07) is 0. The Morgan fingerprint density at radius 2 is 2.16 bits per heavy atom. The Hall–Kier alpha value is -1.69. The number of anilines is 1. The predicted octanol–water partition coefficient (Wildman–Crippen LogP) is 2.47. The van der Waals surface area contributed by atoms with Gasteiger partial charge in [0, 0.05) is 18.5 Å². The zero-order valence-electron chi connectivity index (χ0n) is 11.5. The Bertz CT molecular complexity index is 624. The van der Waals surface area contributed by atoms with Crippen molar-refractivity contribution in [3.8, 4) is 0 Å². The number of aliphatic carboxylic acids is 1. The van der Waals surface area contributed by atoms with E-state index in [2.05, 4.69) is 23.8 Å². The average Bonchev–Trinajstić information content (AvgIpc) is 2.65. The lowest BCUT2D eigenvalue weighted by Gasteiger charge is -2.21. The SMILES string of the molecule is Cc1sc2ncnc(N(C)CC(C)C(=O)O)c2c1C. The average molecular weight is 279 g/mol. The largest absolute Gasteiger partial charge is 0.481 e. The minimum absolute atomic E-state index is 0.426. The highest BCUT2D eigenvalue weighted by molar-refractivity contribution is 7.18. The summed E-state index contributed by atoms with van der Waals surface area (Å²) in [6.45, 7) is 6.24. The highest BCUT2D eigenvalue weighted by Crippen LogP contribution is 2.33. The minimum Gasteiger partial charge on any atom is -0.481 e. The summed E-state index contributed by atoms with van der Waals surface area (Å²) < 4.78 is 0. The third-order valence-corrected chi connectivity index (χ3v) is 4.39. The monoisotopic (exact) mass is 279 g/mol. The van der Waals surface area contributed by atoms with Crippen LogP contribution in [0.2, 0.25) is 0 Å². The summed E-state index contributed by atoms with van der Waals surface area (Å²) in [6.07, 6.45) is 1.54. The summed E-state index contributed by atoms with van der Waals surface area (Å²) in [5.41, 5.74) is 1.17. The Kier molecular flexibility index (Phi) is 3.71. The predicted molar refractivity (Wildman–Crippen MR) is 77.0 cm³/mol. The van der Waals surface area contributed by atoms with Crippen molar-refractivity contribution >= 4 is 33.3 Å². The summed E-state index contributed by atoms with van der Waals surface area (Å²) in [4.78, 5) is 23.6. The highest BCUT2D eigenvalue weighted by atomic mass is 32.1. The van der Waals surface area contributed by atoms with Crippen LogP contribution in [0.15, 0.2) is 6.33 Å². The zero-order valence-corrected chi connectivity index (χ0v) is 12.3. The fraction of sp³-hybridized carbons (Fsp3) is 0.462. The van der Waals surface area contributed by atoms with E-state index in [0.717, 1.165) is 16.0 Å². The number of hydrogen-bond donors (Lipinski definition) is 1. The molecule has 0 fully saturated rings. The van der Waals surface area contributed by atoms with Gasteiger partial charge in [0.15, 0.2) is 0 Å². The number of nitrogens with zero attached hydrogens (tertiary/aromatic N) is 3. The van der Waals surface area contributed by atoms with Crippen LogP contribution in [-0.4, -0.2) is 34.6 Å². The quantitative estimate of drug-likeness (QED) is 0.931. The molecule has 0 bridgehead atoms. The molecule has 0 aliphatic carbocycles. The molecule has 2 heterocycles. The molecule has 5 nitrogen and oxygen atoms in total. The van der Waals surface area contributed by atoms with E-state index in [0.29, 0.717) is 6.54 Å². The van der Waals surface area contributed by atoms with Crippen molar-refractivity contribution in [2.45, 2.75) is 20.8 Å². The fourth-order valence-corrected chi connectivity index (χ4v) is 3.02. The maximum Gasteiger partial charge on any atom is 0.308 e. The molecule has 0 aliphatic heterocycles. The molecular weight excluding hydrogens is 262 g/mol. The number of hydrogen-bond acceptors (Lipinski definition) is 5. The van der Waals surface area contributed by atoms with Crippen LogP contribution in [0, 0.1) is 19.8 Å². The van der Waals surface area contributed by atoms with E-state index in [1.165, 1.54) is 16.8 Å². The minimum atomic E-state index is -0.796. The van der Waals surface area contributed by atoms with Gasteiger partial charge in [-0.1, -0.05) is 6.92 Å². The second-order valence-corrected chi connectivity index (χ2v) is 5.98. The molecule has 0 aromatic carbocycles. The first kappa shape index (κ1) is 13.7. The normalized spacial score (nSPS) is 12.6. The van der Waals surface area contributed by atoms with Gasteiger partial charge >= 0.3 is 5.97 Å². The van der Waals surface area contributed by atoms with E-state index >= 15 is 0 Å². The van der Waals surface area contributed by atoms with Gasteiger partial charge in [-0.15, -0.1) is 11.3 Å². The first-order valence-electron chi connectivity index (χ1n) is 6.06. The summed E-state index contributed by atoms with van der Waals surface area (Å²) in [5.74, 6) is -0.426. The second kappa shape index (κ2) is 5.13. The molecule has 1 atom stereocenters. The number of aromatic nitrogens is 2. The maximum absolute atomic E-state index is 10.9. The molecular formula is C13H17N3O2S. The Morgan fingerprint density at radius 1 is 1.47 bits per heavy atom. The van der Waals surface area contributed by atoms with Gasteiger partial charge in [-0.3, -0.25) is 4.79 Å². The maximum atomic E-state index is 10.9. The van der Waals surface area contributed by atoms with Crippen LogP contribution in [0.1, 0.15) is 17.4 Å². The second-order valence-electron chi connectivity index (χ2n) is 4.78. The molecule has 102 valence electrons. The molecule has 0 spiro atoms. The van der Waals surface area contributed by atoms with Crippen molar-refractivity contribution in [3.63, 3.8) is 0 Å². The van der Waals surface area contributed by atoms with E-state index in [1.807, 2.05) is 11.9 Å². The van der Waals surface area contributed by atoms with Crippen LogP contribution < -0.4 is 4.90 Å². The van der Waals surface area contributed by atoms with Gasteiger partial charge in [0.2, 0.25) is 0 Å². The van der Waals surface area contributed by atoms with E-state index < -0.39 is 11.9 Å². The standard InChI is InChI=1S/C13H17N3O2S/c1-7(13(17)18)5-16(4)11-10-8(2)9(3)19-12(10)15-6-14-11/h6-7H,5H2,1-4H3,(H,17,18). The van der Waals surface area contributed by atoms with Crippen molar-refractivity contribution in [2.75, 3.05) is 18.5 Å². The molecule has 0 amide bonds. The van der Waals surface area contributed by atoms with E-state index in [9.17, 15) is 4.79 Å². The van der Waals surface area contributed by atoms with Crippen LogP contribution in [-0.2, 0) is 4.79 Å². The van der Waals surface area contributed by atoms with E-state index in [4.69, 9.17) is 5.11 Å². The number of carboxylic acid groups (broad SMARTS) is 1. The Labute approximate surface area is 115 Å². The van der Waals surface area contributed by atoms with Crippen LogP contribution in [0.4, 0.5) is 5.82 Å². The lowest BCUT2D eigenvalue weighted by atomic mass is 10.1. The Morgan fingerprint density at radius 3 is 2.79 bits per heavy atom. The van der Waals surface area contributed by atoms with E-state index in [-0.39, 0.29) is 0 Å². The van der Waals surface area contributed by atoms with Crippen LogP contribution in [0.25, 0.3) is 10.2 Å². The van der Waals surface area contributed by atoms with Crippen molar-refractivity contribution < 1.29 is 9.90 Å². The number of thiophene rings is 1. The molecule has 19 heavy (non-hydrogen) atoms. The number of carboxylic acids is 1. The number of fused-ring (bicyclic) bond motifs is 1. The summed E-state index contributed by atoms with van der Waals surface area (Å²) in [5, 5.41) is 10.0. The van der Waals surface area contributed by atoms with Crippen molar-refractivity contribution in [2.24, 2.45) is 5.92 Å². The van der Waals surface area contributed by atoms with Crippen molar-refractivity contribution in [3.05, 3.63) is 16.8 Å². The molecule has 0 saturated carbocycles. The van der Waals surface area contributed by atoms with Crippen LogP contribution >= 0.6 is 11.3 Å². The lowest BCUT2D eigenvalue weighted by molar-refractivity contribution is -0.140. The number of carbonyl (C=O) groups is 1. The molecule has 2 aromatic rings. The smallest absolute Gasteiger partial charge is 0.308 e. The molecule has 2 rings (SSSR count). The molecule has 0 radical (unpaired) electrons. The molecule has 1 unspecified atom stereocenters. The van der Waals surface area contributed by atoms with Crippen molar-refractivity contribution in [1.82, 2.24) is 9.97 Å². The van der Waals surface area contributed by atoms with Gasteiger partial charge in [0.25, 0.3) is 0 Å². The fourth-order valence-electron chi connectivity index (χ4n) is 2.03. The molecule has 0 saturated heterocycles. The highest BCUT2D eigenvalue weighted by Gasteiger charge is 2.18. The molecule has 2 aromatic heterocycles. The third-order valence-electron chi connectivity index (χ3n) is 3.28. The van der Waals surface area contributed by atoms with Gasteiger partial charge in [-0.05, 0) is 19.4 Å². The van der Waals surface area contributed by atoms with Crippen molar-refractivity contribution in [1.29, 1.82) is 0 Å². The summed E-state index contributed by atoms with van der Waals surface area (Å²) >= 11 is 1.64. The topological polar surface area (TPSA) is 66.3 Å². The third kappa shape index (κ3) is 2.53. The number of aryl methyl sites for hydroxylation is 2. The van der Waals surface area contributed by atoms with Gasteiger partial charge in [0.1, 0.15) is 17.0 Å². The molecule has 6 heteroatoms. The number of rotatable bonds is 4. The summed E-state index contributed by atoms with van der Waals surface area (Å²) in [7, 11) is 1.87. The van der Waals surface area contributed by atoms with Crippen LogP contribution in [0.3, 0.4) is 0 Å². The first-order valence-corrected chi connectivity index (χ1v) is 6.88. The van der Waals surface area contributed by atoms with Gasteiger partial charge in [0.05, 0.1) is 11.3 Å². The zero-order chi connectivity index (χ0) is 14.2. The first-order chi connectivity index (χ1) is 8.91.